The topological polar surface area (TPSA) is 95.4 Å². The zero-order valence-electron chi connectivity index (χ0n) is 4.72. The Morgan fingerprint density at radius 3 is 2.38 bits per heavy atom. The number of carboxylic acids is 1. The number of carbonyl (C=O) groups is 1. The molecule has 0 saturated heterocycles. The van der Waals surface area contributed by atoms with Crippen LogP contribution in [0, 0.1) is 0 Å². The van der Waals surface area contributed by atoms with Crippen LogP contribution in [0.4, 0.5) is 0 Å². The first-order valence-electron chi connectivity index (χ1n) is 2.51. The van der Waals surface area contributed by atoms with Crippen molar-refractivity contribution in [2.75, 3.05) is 6.54 Å². The third kappa shape index (κ3) is 2.54. The van der Waals surface area contributed by atoms with Crippen LogP contribution in [0.15, 0.2) is 0 Å². The van der Waals surface area contributed by atoms with Gasteiger partial charge in [0.1, 0.15) is 6.04 Å². The van der Waals surface area contributed by atoms with E-state index in [9.17, 15) is 9.90 Å². The van der Waals surface area contributed by atoms with Crippen molar-refractivity contribution >= 4 is 5.97 Å². The molecule has 0 rings (SSSR count). The third-order valence-electron chi connectivity index (χ3n) is 0.886. The summed E-state index contributed by atoms with van der Waals surface area (Å²) in [6.45, 7) is 0.599. The molecule has 0 heterocycles. The molecule has 0 bridgehead atoms. The highest BCUT2D eigenvalue weighted by molar-refractivity contribution is 5.68. The summed E-state index contributed by atoms with van der Waals surface area (Å²) in [4.78, 5) is 9.89. The van der Waals surface area contributed by atoms with Crippen LogP contribution in [0.2, 0.25) is 0 Å². The van der Waals surface area contributed by atoms with Gasteiger partial charge in [-0.05, 0) is 0 Å². The predicted octanol–water partition coefficient (Wildman–Crippen LogP) is -4.02. The van der Waals surface area contributed by atoms with Gasteiger partial charge in [0.05, 0.1) is 18.9 Å². The molecule has 0 aliphatic carbocycles. The van der Waals surface area contributed by atoms with E-state index >= 15 is 0 Å². The van der Waals surface area contributed by atoms with Crippen LogP contribution in [0.5, 0.6) is 0 Å². The molecular formula is C4H11N2O2+. The standard InChI is InChI=1S/C4H10N2O2/c5-2-1-3(6)4(7)8/h3H,1-2,5-6H2,(H,7,8)/p+1/t3-/m1/s1. The van der Waals surface area contributed by atoms with Gasteiger partial charge in [-0.1, -0.05) is 0 Å². The highest BCUT2D eigenvalue weighted by Crippen LogP contribution is 1.75. The van der Waals surface area contributed by atoms with E-state index in [1.165, 1.54) is 0 Å². The molecule has 0 saturated carbocycles. The fourth-order valence-electron chi connectivity index (χ4n) is 0.364. The molecule has 4 heteroatoms. The molecule has 0 fully saturated rings. The Morgan fingerprint density at radius 2 is 2.25 bits per heavy atom. The normalized spacial score (nSPS) is 13.2. The van der Waals surface area contributed by atoms with Gasteiger partial charge in [-0.15, -0.1) is 0 Å². The van der Waals surface area contributed by atoms with Gasteiger partial charge >= 0.3 is 0 Å². The minimum absolute atomic E-state index is 0.502. The van der Waals surface area contributed by atoms with Crippen molar-refractivity contribution in [1.82, 2.24) is 0 Å². The third-order valence-corrected chi connectivity index (χ3v) is 0.886. The number of carbonyl (C=O) groups excluding carboxylic acids is 1. The molecule has 6 N–H and O–H groups in total. The fraction of sp³-hybridized carbons (Fsp3) is 0.750. The molecule has 0 radical (unpaired) electrons. The van der Waals surface area contributed by atoms with Gasteiger partial charge in [0, 0.05) is 0 Å². The highest BCUT2D eigenvalue weighted by atomic mass is 16.4. The van der Waals surface area contributed by atoms with E-state index < -0.39 is 12.0 Å². The summed E-state index contributed by atoms with van der Waals surface area (Å²) in [5.74, 6) is -1.09. The van der Waals surface area contributed by atoms with Gasteiger partial charge in [-0.3, -0.25) is 0 Å². The van der Waals surface area contributed by atoms with E-state index in [4.69, 9.17) is 0 Å². The molecule has 0 spiro atoms. The summed E-state index contributed by atoms with van der Waals surface area (Å²) in [6, 6.07) is -0.590. The van der Waals surface area contributed by atoms with Crippen LogP contribution < -0.4 is 16.6 Å². The molecule has 0 aliphatic heterocycles. The average molecular weight is 119 g/mol. The Bertz CT molecular complexity index is 84.1. The number of rotatable bonds is 3. The Kier molecular flexibility index (Phi) is 3.14. The molecule has 0 aromatic rings. The summed E-state index contributed by atoms with van der Waals surface area (Å²) in [5.41, 5.74) is 6.80. The quantitative estimate of drug-likeness (QED) is 0.396. The molecule has 0 amide bonds. The predicted molar refractivity (Wildman–Crippen MR) is 24.1 cm³/mol. The van der Waals surface area contributed by atoms with Crippen LogP contribution >= 0.6 is 0 Å². The Morgan fingerprint density at radius 1 is 1.75 bits per heavy atom. The van der Waals surface area contributed by atoms with E-state index in [-0.39, 0.29) is 0 Å². The summed E-state index contributed by atoms with van der Waals surface area (Å²) in [6.07, 6.45) is 0.502. The lowest BCUT2D eigenvalue weighted by Crippen LogP contribution is -2.70. The van der Waals surface area contributed by atoms with Gasteiger partial charge in [-0.25, -0.2) is 0 Å². The minimum atomic E-state index is -1.09. The number of hydrogen-bond acceptors (Lipinski definition) is 2. The smallest absolute Gasteiger partial charge is 0.130 e. The first-order valence-corrected chi connectivity index (χ1v) is 2.51. The van der Waals surface area contributed by atoms with Crippen molar-refractivity contribution in [3.63, 3.8) is 0 Å². The van der Waals surface area contributed by atoms with Crippen LogP contribution in [0.3, 0.4) is 0 Å². The monoisotopic (exact) mass is 119 g/mol. The van der Waals surface area contributed by atoms with Crippen molar-refractivity contribution < 1.29 is 21.4 Å². The summed E-state index contributed by atoms with van der Waals surface area (Å²) < 4.78 is 0. The number of hydrogen-bond donors (Lipinski definition) is 2. The second-order valence-electron chi connectivity index (χ2n) is 1.66. The maximum atomic E-state index is 9.89. The molecule has 0 aromatic heterocycles. The van der Waals surface area contributed by atoms with Crippen LogP contribution in [0.25, 0.3) is 0 Å². The number of carboxylic acid groups (broad SMARTS) is 1. The fourth-order valence-corrected chi connectivity index (χ4v) is 0.364. The van der Waals surface area contributed by atoms with E-state index in [1.54, 1.807) is 0 Å². The molecule has 8 heavy (non-hydrogen) atoms. The zero-order chi connectivity index (χ0) is 6.57. The van der Waals surface area contributed by atoms with Crippen LogP contribution in [-0.2, 0) is 4.79 Å². The van der Waals surface area contributed by atoms with E-state index in [1.807, 2.05) is 0 Å². The largest absolute Gasteiger partial charge is 0.544 e. The van der Waals surface area contributed by atoms with Crippen molar-refractivity contribution in [2.45, 2.75) is 12.5 Å². The molecule has 0 aliphatic rings. The van der Waals surface area contributed by atoms with Gasteiger partial charge in [0.25, 0.3) is 0 Å². The lowest BCUT2D eigenvalue weighted by molar-refractivity contribution is -0.453. The van der Waals surface area contributed by atoms with E-state index in [0.29, 0.717) is 13.0 Å². The lowest BCUT2D eigenvalue weighted by Gasteiger charge is -2.04. The van der Waals surface area contributed by atoms with Crippen molar-refractivity contribution in [3.05, 3.63) is 0 Å². The van der Waals surface area contributed by atoms with E-state index in [0.717, 1.165) is 0 Å². The first kappa shape index (κ1) is 7.39. The summed E-state index contributed by atoms with van der Waals surface area (Å²) >= 11 is 0. The van der Waals surface area contributed by atoms with Gasteiger partial charge in [-0.2, -0.15) is 0 Å². The summed E-state index contributed by atoms with van der Waals surface area (Å²) in [7, 11) is 0. The van der Waals surface area contributed by atoms with Gasteiger partial charge in [0.15, 0.2) is 0 Å². The Hall–Kier alpha value is -0.610. The lowest BCUT2D eigenvalue weighted by atomic mass is 10.2. The SMILES string of the molecule is [NH3+]CC[C@@H]([NH3+])C(=O)[O-]. The number of quaternary nitrogens is 2. The van der Waals surface area contributed by atoms with E-state index in [2.05, 4.69) is 11.5 Å². The zero-order valence-corrected chi connectivity index (χ0v) is 4.72. The highest BCUT2D eigenvalue weighted by Gasteiger charge is 2.04. The van der Waals surface area contributed by atoms with Gasteiger partial charge < -0.3 is 21.4 Å². The molecule has 0 unspecified atom stereocenters. The maximum absolute atomic E-state index is 9.89. The van der Waals surface area contributed by atoms with Crippen LogP contribution in [0.1, 0.15) is 6.42 Å². The number of aliphatic carboxylic acids is 1. The maximum Gasteiger partial charge on any atom is 0.130 e. The first-order chi connectivity index (χ1) is 3.68. The molecule has 4 nitrogen and oxygen atoms in total. The van der Waals surface area contributed by atoms with Crippen molar-refractivity contribution in [2.24, 2.45) is 0 Å². The molecule has 48 valence electrons. The van der Waals surface area contributed by atoms with Gasteiger partial charge in [0.2, 0.25) is 0 Å². The molecule has 1 atom stereocenters. The van der Waals surface area contributed by atoms with Crippen molar-refractivity contribution in [1.29, 1.82) is 0 Å². The molecular weight excluding hydrogens is 108 g/mol. The van der Waals surface area contributed by atoms with Crippen molar-refractivity contribution in [3.8, 4) is 0 Å². The summed E-state index contributed by atoms with van der Waals surface area (Å²) in [5, 5.41) is 9.89. The Balaban J connectivity index is 3.32. The molecule has 0 aromatic carbocycles. The van der Waals surface area contributed by atoms with Crippen LogP contribution in [-0.4, -0.2) is 18.6 Å². The minimum Gasteiger partial charge on any atom is -0.544 e. The second kappa shape index (κ2) is 3.40. The Labute approximate surface area is 47.5 Å². The second-order valence-corrected chi connectivity index (χ2v) is 1.66. The average Bonchev–Trinajstić information content (AvgIpc) is 1.67.